The van der Waals surface area contributed by atoms with Crippen LogP contribution in [0.5, 0.6) is 0 Å². The normalized spacial score (nSPS) is 12.0. The molecular weight excluding hydrogens is 286 g/mol. The lowest BCUT2D eigenvalue weighted by molar-refractivity contribution is 0.342. The van der Waals surface area contributed by atoms with Gasteiger partial charge in [-0.1, -0.05) is 45.0 Å². The predicted octanol–water partition coefficient (Wildman–Crippen LogP) is 3.76. The molecule has 1 aromatic carbocycles. The predicted molar refractivity (Wildman–Crippen MR) is 94.6 cm³/mol. The van der Waals surface area contributed by atoms with Crippen LogP contribution in [0.15, 0.2) is 41.2 Å². The second-order valence-electron chi connectivity index (χ2n) is 7.34. The molecule has 23 heavy (non-hydrogen) atoms. The van der Waals surface area contributed by atoms with Gasteiger partial charge in [-0.05, 0) is 30.0 Å². The molecule has 4 heteroatoms. The van der Waals surface area contributed by atoms with Crippen molar-refractivity contribution in [2.24, 2.45) is 12.5 Å². The van der Waals surface area contributed by atoms with Crippen LogP contribution >= 0.6 is 0 Å². The van der Waals surface area contributed by atoms with Crippen molar-refractivity contribution in [3.8, 4) is 11.3 Å². The molecule has 0 radical (unpaired) electrons. The molecule has 0 aliphatic carbocycles. The largest absolute Gasteiger partial charge is 0.330 e. The minimum atomic E-state index is -0.00985. The topological polar surface area (TPSA) is 39.8 Å². The molecule has 0 aliphatic rings. The van der Waals surface area contributed by atoms with E-state index in [0.29, 0.717) is 6.54 Å². The zero-order chi connectivity index (χ0) is 16.8. The van der Waals surface area contributed by atoms with Crippen molar-refractivity contribution >= 4 is 11.2 Å². The summed E-state index contributed by atoms with van der Waals surface area (Å²) in [5.41, 5.74) is 4.84. The summed E-state index contributed by atoms with van der Waals surface area (Å²) >= 11 is 0. The van der Waals surface area contributed by atoms with E-state index >= 15 is 0 Å². The molecule has 2 aromatic heterocycles. The summed E-state index contributed by atoms with van der Waals surface area (Å²) in [6.07, 6.45) is 0. The lowest BCUT2D eigenvalue weighted by Crippen LogP contribution is -2.27. The molecule has 0 N–H and O–H groups in total. The second kappa shape index (κ2) is 5.37. The van der Waals surface area contributed by atoms with Gasteiger partial charge in [0, 0.05) is 19.2 Å². The minimum absolute atomic E-state index is 0.00985. The number of imidazole rings is 1. The van der Waals surface area contributed by atoms with Crippen LogP contribution in [0.1, 0.15) is 26.3 Å². The number of pyridine rings is 1. The first-order chi connectivity index (χ1) is 10.8. The first kappa shape index (κ1) is 15.5. The number of benzene rings is 1. The number of nitrogens with zero attached hydrogens (tertiary/aromatic N) is 3. The fourth-order valence-electron chi connectivity index (χ4n) is 2.91. The van der Waals surface area contributed by atoms with Crippen LogP contribution in [0.2, 0.25) is 0 Å². The summed E-state index contributed by atoms with van der Waals surface area (Å²) in [6.45, 7) is 9.15. The quantitative estimate of drug-likeness (QED) is 0.723. The molecule has 0 saturated heterocycles. The highest BCUT2D eigenvalue weighted by Gasteiger charge is 2.18. The Labute approximate surface area is 136 Å². The van der Waals surface area contributed by atoms with Crippen molar-refractivity contribution in [2.45, 2.75) is 34.2 Å². The Hall–Kier alpha value is -2.36. The highest BCUT2D eigenvalue weighted by molar-refractivity contribution is 5.77. The van der Waals surface area contributed by atoms with Gasteiger partial charge < -0.3 is 0 Å². The molecule has 120 valence electrons. The monoisotopic (exact) mass is 309 g/mol. The van der Waals surface area contributed by atoms with Crippen LogP contribution in [-0.2, 0) is 13.6 Å². The van der Waals surface area contributed by atoms with Gasteiger partial charge in [0.05, 0.1) is 11.2 Å². The van der Waals surface area contributed by atoms with E-state index in [0.717, 1.165) is 22.4 Å². The summed E-state index contributed by atoms with van der Waals surface area (Å²) in [7, 11) is 1.79. The van der Waals surface area contributed by atoms with Crippen molar-refractivity contribution < 1.29 is 0 Å². The van der Waals surface area contributed by atoms with Gasteiger partial charge in [0.2, 0.25) is 0 Å². The Bertz CT molecular complexity index is 926. The molecule has 0 fully saturated rings. The molecule has 4 nitrogen and oxygen atoms in total. The average Bonchev–Trinajstić information content (AvgIpc) is 2.71. The van der Waals surface area contributed by atoms with Crippen molar-refractivity contribution in [3.05, 3.63) is 52.4 Å². The van der Waals surface area contributed by atoms with Crippen LogP contribution in [0, 0.1) is 12.3 Å². The third-order valence-corrected chi connectivity index (χ3v) is 4.03. The molecule has 0 amide bonds. The number of hydrogen-bond donors (Lipinski definition) is 0. The Morgan fingerprint density at radius 3 is 2.43 bits per heavy atom. The Morgan fingerprint density at radius 1 is 1.09 bits per heavy atom. The van der Waals surface area contributed by atoms with Crippen LogP contribution in [0.3, 0.4) is 0 Å². The van der Waals surface area contributed by atoms with Gasteiger partial charge in [-0.3, -0.25) is 9.13 Å². The van der Waals surface area contributed by atoms with E-state index in [2.05, 4.69) is 39.8 Å². The molecule has 3 rings (SSSR count). The molecule has 0 aliphatic heterocycles. The molecule has 0 unspecified atom stereocenters. The van der Waals surface area contributed by atoms with Gasteiger partial charge in [-0.2, -0.15) is 0 Å². The molecule has 0 spiro atoms. The molecule has 2 heterocycles. The van der Waals surface area contributed by atoms with Gasteiger partial charge >= 0.3 is 5.69 Å². The maximum atomic E-state index is 12.6. The van der Waals surface area contributed by atoms with E-state index in [-0.39, 0.29) is 11.1 Å². The van der Waals surface area contributed by atoms with Crippen LogP contribution in [0.25, 0.3) is 22.4 Å². The van der Waals surface area contributed by atoms with Gasteiger partial charge in [-0.15, -0.1) is 0 Å². The number of aryl methyl sites for hydroxylation is 2. The molecule has 0 atom stereocenters. The minimum Gasteiger partial charge on any atom is -0.290 e. The van der Waals surface area contributed by atoms with Gasteiger partial charge in [0.15, 0.2) is 5.65 Å². The third-order valence-electron chi connectivity index (χ3n) is 4.03. The number of rotatable bonds is 2. The SMILES string of the molecule is Cc1ccccc1-c1ccc2c(n1)n(C)c(=O)n2CC(C)(C)C. The maximum absolute atomic E-state index is 12.6. The number of hydrogen-bond acceptors (Lipinski definition) is 2. The summed E-state index contributed by atoms with van der Waals surface area (Å²) in [5.74, 6) is 0. The molecule has 0 saturated carbocycles. The zero-order valence-electron chi connectivity index (χ0n) is 14.4. The lowest BCUT2D eigenvalue weighted by Gasteiger charge is -2.18. The van der Waals surface area contributed by atoms with E-state index < -0.39 is 0 Å². The van der Waals surface area contributed by atoms with Crippen molar-refractivity contribution in [2.75, 3.05) is 0 Å². The van der Waals surface area contributed by atoms with E-state index in [1.165, 1.54) is 5.56 Å². The first-order valence-electron chi connectivity index (χ1n) is 7.90. The Kier molecular flexibility index (Phi) is 3.63. The number of aromatic nitrogens is 3. The van der Waals surface area contributed by atoms with E-state index in [1.807, 2.05) is 28.8 Å². The van der Waals surface area contributed by atoms with Crippen molar-refractivity contribution in [1.82, 2.24) is 14.1 Å². The van der Waals surface area contributed by atoms with Crippen molar-refractivity contribution in [3.63, 3.8) is 0 Å². The highest BCUT2D eigenvalue weighted by atomic mass is 16.1. The average molecular weight is 309 g/mol. The van der Waals surface area contributed by atoms with Crippen LogP contribution in [-0.4, -0.2) is 14.1 Å². The summed E-state index contributed by atoms with van der Waals surface area (Å²) in [6, 6.07) is 12.2. The fraction of sp³-hybridized carbons (Fsp3) is 0.368. The van der Waals surface area contributed by atoms with Gasteiger partial charge in [-0.25, -0.2) is 9.78 Å². The standard InChI is InChI=1S/C19H23N3O/c1-13-8-6-7-9-14(13)15-10-11-16-17(20-15)21(5)18(23)22(16)12-19(2,3)4/h6-11H,12H2,1-5H3. The molecule has 3 aromatic rings. The highest BCUT2D eigenvalue weighted by Crippen LogP contribution is 2.24. The zero-order valence-corrected chi connectivity index (χ0v) is 14.4. The lowest BCUT2D eigenvalue weighted by atomic mass is 9.97. The Morgan fingerprint density at radius 2 is 1.78 bits per heavy atom. The summed E-state index contributed by atoms with van der Waals surface area (Å²) in [4.78, 5) is 17.3. The molecular formula is C19H23N3O. The maximum Gasteiger partial charge on any atom is 0.330 e. The van der Waals surface area contributed by atoms with Crippen LogP contribution < -0.4 is 5.69 Å². The van der Waals surface area contributed by atoms with Gasteiger partial charge in [0.25, 0.3) is 0 Å². The van der Waals surface area contributed by atoms with Crippen LogP contribution in [0.4, 0.5) is 0 Å². The van der Waals surface area contributed by atoms with E-state index in [1.54, 1.807) is 11.6 Å². The summed E-state index contributed by atoms with van der Waals surface area (Å²) in [5, 5.41) is 0. The fourth-order valence-corrected chi connectivity index (χ4v) is 2.91. The third kappa shape index (κ3) is 2.81. The summed E-state index contributed by atoms with van der Waals surface area (Å²) < 4.78 is 3.47. The first-order valence-corrected chi connectivity index (χ1v) is 7.90. The molecule has 0 bridgehead atoms. The second-order valence-corrected chi connectivity index (χ2v) is 7.34. The smallest absolute Gasteiger partial charge is 0.290 e. The van der Waals surface area contributed by atoms with Gasteiger partial charge in [0.1, 0.15) is 0 Å². The van der Waals surface area contributed by atoms with E-state index in [4.69, 9.17) is 4.98 Å². The van der Waals surface area contributed by atoms with Crippen molar-refractivity contribution in [1.29, 1.82) is 0 Å². The Balaban J connectivity index is 2.21. The van der Waals surface area contributed by atoms with E-state index in [9.17, 15) is 4.79 Å². The number of fused-ring (bicyclic) bond motifs is 1.